The molecular formula is C17H23N5OS. The van der Waals surface area contributed by atoms with Crippen LogP contribution in [0.1, 0.15) is 28.5 Å². The van der Waals surface area contributed by atoms with E-state index < -0.39 is 0 Å². The van der Waals surface area contributed by atoms with Crippen molar-refractivity contribution in [2.24, 2.45) is 0 Å². The van der Waals surface area contributed by atoms with Crippen LogP contribution in [-0.4, -0.2) is 52.0 Å². The number of urea groups is 1. The number of hydrogen-bond donors (Lipinski definition) is 1. The van der Waals surface area contributed by atoms with Crippen LogP contribution in [0.2, 0.25) is 0 Å². The number of thiazole rings is 1. The van der Waals surface area contributed by atoms with Crippen molar-refractivity contribution >= 4 is 17.4 Å². The minimum atomic E-state index is -0.00649. The maximum absolute atomic E-state index is 12.3. The average Bonchev–Trinajstić information content (AvgIpc) is 3.05. The van der Waals surface area contributed by atoms with Gasteiger partial charge in [-0.15, -0.1) is 11.3 Å². The molecule has 1 N–H and O–H groups in total. The highest BCUT2D eigenvalue weighted by atomic mass is 32.1. The lowest BCUT2D eigenvalue weighted by Crippen LogP contribution is -2.52. The number of amides is 2. The van der Waals surface area contributed by atoms with Crippen LogP contribution in [0.3, 0.4) is 0 Å². The van der Waals surface area contributed by atoms with E-state index in [0.29, 0.717) is 6.54 Å². The molecule has 128 valence electrons. The first kappa shape index (κ1) is 16.9. The highest BCUT2D eigenvalue weighted by molar-refractivity contribution is 7.11. The number of carbonyl (C=O) groups excluding carboxylic acids is 1. The summed E-state index contributed by atoms with van der Waals surface area (Å²) in [7, 11) is 0. The Bertz CT molecular complexity index is 667. The Morgan fingerprint density at radius 1 is 1.29 bits per heavy atom. The molecule has 1 atom stereocenters. The Kier molecular flexibility index (Phi) is 5.42. The molecule has 0 aliphatic carbocycles. The number of carbonyl (C=O) groups is 1. The molecule has 0 bridgehead atoms. The normalized spacial score (nSPS) is 16.8. The molecule has 1 aliphatic rings. The van der Waals surface area contributed by atoms with E-state index in [1.54, 1.807) is 11.3 Å². The Labute approximate surface area is 146 Å². The smallest absolute Gasteiger partial charge is 0.317 e. The zero-order valence-electron chi connectivity index (χ0n) is 14.1. The van der Waals surface area contributed by atoms with Crippen LogP contribution in [0.25, 0.3) is 0 Å². The fourth-order valence-corrected chi connectivity index (χ4v) is 3.60. The van der Waals surface area contributed by atoms with Gasteiger partial charge in [-0.3, -0.25) is 9.88 Å². The second-order valence-electron chi connectivity index (χ2n) is 5.98. The summed E-state index contributed by atoms with van der Waals surface area (Å²) >= 11 is 1.62. The standard InChI is InChI=1S/C17H23N5OS/c1-13-11-19-16(24-13)12-20-17(23)22-9-7-21(8-10-22)14(2)15-5-3-4-6-18-15/h3-6,11,14H,7-10,12H2,1-2H3,(H,20,23)/t14-/m1/s1. The van der Waals surface area contributed by atoms with Gasteiger partial charge in [-0.2, -0.15) is 0 Å². The highest BCUT2D eigenvalue weighted by Crippen LogP contribution is 2.19. The van der Waals surface area contributed by atoms with Crippen molar-refractivity contribution in [3.8, 4) is 0 Å². The van der Waals surface area contributed by atoms with Crippen molar-refractivity contribution in [1.82, 2.24) is 25.1 Å². The number of pyridine rings is 1. The van der Waals surface area contributed by atoms with E-state index in [1.807, 2.05) is 36.4 Å². The van der Waals surface area contributed by atoms with Gasteiger partial charge in [-0.05, 0) is 26.0 Å². The van der Waals surface area contributed by atoms with E-state index in [1.165, 1.54) is 0 Å². The quantitative estimate of drug-likeness (QED) is 0.924. The highest BCUT2D eigenvalue weighted by Gasteiger charge is 2.25. The molecule has 0 aromatic carbocycles. The molecule has 7 heteroatoms. The van der Waals surface area contributed by atoms with Gasteiger partial charge < -0.3 is 10.2 Å². The van der Waals surface area contributed by atoms with E-state index in [2.05, 4.69) is 33.2 Å². The zero-order chi connectivity index (χ0) is 16.9. The number of aryl methyl sites for hydroxylation is 1. The minimum Gasteiger partial charge on any atom is -0.331 e. The van der Waals surface area contributed by atoms with E-state index in [9.17, 15) is 4.79 Å². The molecule has 0 spiro atoms. The molecule has 1 saturated heterocycles. The molecule has 2 aromatic heterocycles. The van der Waals surface area contributed by atoms with Gasteiger partial charge >= 0.3 is 6.03 Å². The molecule has 0 radical (unpaired) electrons. The van der Waals surface area contributed by atoms with Gasteiger partial charge in [-0.1, -0.05) is 6.07 Å². The van der Waals surface area contributed by atoms with Gasteiger partial charge in [0.25, 0.3) is 0 Å². The average molecular weight is 345 g/mol. The summed E-state index contributed by atoms with van der Waals surface area (Å²) in [5.74, 6) is 0. The number of rotatable bonds is 4. The maximum atomic E-state index is 12.3. The third-order valence-electron chi connectivity index (χ3n) is 4.32. The molecule has 6 nitrogen and oxygen atoms in total. The summed E-state index contributed by atoms with van der Waals surface area (Å²) < 4.78 is 0. The summed E-state index contributed by atoms with van der Waals surface area (Å²) in [6.45, 7) is 7.89. The second-order valence-corrected chi connectivity index (χ2v) is 7.30. The van der Waals surface area contributed by atoms with Crippen molar-refractivity contribution in [1.29, 1.82) is 0 Å². The molecule has 2 aromatic rings. The van der Waals surface area contributed by atoms with Crippen LogP contribution in [-0.2, 0) is 6.54 Å². The Hall–Kier alpha value is -1.99. The van der Waals surface area contributed by atoms with Crippen molar-refractivity contribution in [3.63, 3.8) is 0 Å². The molecule has 0 saturated carbocycles. The van der Waals surface area contributed by atoms with Crippen LogP contribution in [0.4, 0.5) is 4.79 Å². The largest absolute Gasteiger partial charge is 0.331 e. The maximum Gasteiger partial charge on any atom is 0.317 e. The summed E-state index contributed by atoms with van der Waals surface area (Å²) in [4.78, 5) is 26.4. The number of nitrogens with one attached hydrogen (secondary N) is 1. The number of piperazine rings is 1. The number of aromatic nitrogens is 2. The molecule has 24 heavy (non-hydrogen) atoms. The summed E-state index contributed by atoms with van der Waals surface area (Å²) in [6, 6.07) is 6.27. The van der Waals surface area contributed by atoms with E-state index in [4.69, 9.17) is 0 Å². The fraction of sp³-hybridized carbons (Fsp3) is 0.471. The first-order valence-electron chi connectivity index (χ1n) is 8.22. The Morgan fingerprint density at radius 2 is 2.08 bits per heavy atom. The minimum absolute atomic E-state index is 0.00649. The van der Waals surface area contributed by atoms with Gasteiger partial charge in [0.2, 0.25) is 0 Å². The topological polar surface area (TPSA) is 61.4 Å². The van der Waals surface area contributed by atoms with Crippen LogP contribution < -0.4 is 5.32 Å². The molecule has 3 rings (SSSR count). The first-order valence-corrected chi connectivity index (χ1v) is 9.04. The second kappa shape index (κ2) is 7.72. The Balaban J connectivity index is 1.47. The van der Waals surface area contributed by atoms with Crippen LogP contribution >= 0.6 is 11.3 Å². The summed E-state index contributed by atoms with van der Waals surface area (Å²) in [5.41, 5.74) is 1.08. The van der Waals surface area contributed by atoms with Gasteiger partial charge in [0.05, 0.1) is 12.2 Å². The van der Waals surface area contributed by atoms with Crippen molar-refractivity contribution in [2.45, 2.75) is 26.4 Å². The Morgan fingerprint density at radius 3 is 2.71 bits per heavy atom. The summed E-state index contributed by atoms with van der Waals surface area (Å²) in [5, 5.41) is 3.91. The zero-order valence-corrected chi connectivity index (χ0v) is 14.9. The van der Waals surface area contributed by atoms with E-state index in [0.717, 1.165) is 41.8 Å². The first-order chi connectivity index (χ1) is 11.6. The van der Waals surface area contributed by atoms with Crippen LogP contribution in [0.15, 0.2) is 30.6 Å². The van der Waals surface area contributed by atoms with E-state index >= 15 is 0 Å². The third-order valence-corrected chi connectivity index (χ3v) is 5.24. The van der Waals surface area contributed by atoms with Crippen molar-refractivity contribution < 1.29 is 4.79 Å². The van der Waals surface area contributed by atoms with Gasteiger partial charge in [-0.25, -0.2) is 9.78 Å². The van der Waals surface area contributed by atoms with Crippen LogP contribution in [0, 0.1) is 6.92 Å². The van der Waals surface area contributed by atoms with Crippen molar-refractivity contribution in [3.05, 3.63) is 46.2 Å². The molecule has 0 unspecified atom stereocenters. The molecule has 3 heterocycles. The van der Waals surface area contributed by atoms with Crippen molar-refractivity contribution in [2.75, 3.05) is 26.2 Å². The van der Waals surface area contributed by atoms with Gasteiger partial charge in [0.15, 0.2) is 0 Å². The summed E-state index contributed by atoms with van der Waals surface area (Å²) in [6.07, 6.45) is 3.67. The third kappa shape index (κ3) is 4.10. The molecule has 1 fully saturated rings. The monoisotopic (exact) mass is 345 g/mol. The lowest BCUT2D eigenvalue weighted by molar-refractivity contribution is 0.112. The predicted octanol–water partition coefficient (Wildman–Crippen LogP) is 2.43. The molecule has 2 amide bonds. The predicted molar refractivity (Wildman–Crippen MR) is 94.9 cm³/mol. The molecular weight excluding hydrogens is 322 g/mol. The number of nitrogens with zero attached hydrogens (tertiary/aromatic N) is 4. The van der Waals surface area contributed by atoms with E-state index in [-0.39, 0.29) is 12.1 Å². The SMILES string of the molecule is Cc1cnc(CNC(=O)N2CCN([C@H](C)c3ccccn3)CC2)s1. The van der Waals surface area contributed by atoms with Gasteiger partial charge in [0.1, 0.15) is 5.01 Å². The fourth-order valence-electron chi connectivity index (χ4n) is 2.87. The molecule has 1 aliphatic heterocycles. The lowest BCUT2D eigenvalue weighted by atomic mass is 10.1. The van der Waals surface area contributed by atoms with Crippen LogP contribution in [0.5, 0.6) is 0 Å². The van der Waals surface area contributed by atoms with Gasteiger partial charge in [0, 0.05) is 49.5 Å². The number of hydrogen-bond acceptors (Lipinski definition) is 5. The lowest BCUT2D eigenvalue weighted by Gasteiger charge is -2.37.